The number of benzene rings is 2. The van der Waals surface area contributed by atoms with Gasteiger partial charge in [0.2, 0.25) is 0 Å². The van der Waals surface area contributed by atoms with Crippen LogP contribution < -0.4 is 0 Å². The van der Waals surface area contributed by atoms with Crippen LogP contribution in [0.25, 0.3) is 4.85 Å². The minimum Gasteiger partial charge on any atom is -0.376 e. The van der Waals surface area contributed by atoms with Crippen LogP contribution in [0.1, 0.15) is 17.5 Å². The van der Waals surface area contributed by atoms with E-state index in [0.29, 0.717) is 6.61 Å². The highest BCUT2D eigenvalue weighted by Gasteiger charge is 2.32. The van der Waals surface area contributed by atoms with Crippen LogP contribution >= 0.6 is 0 Å². The summed E-state index contributed by atoms with van der Waals surface area (Å²) in [7, 11) is -3.65. The minimum absolute atomic E-state index is 0.159. The highest BCUT2D eigenvalue weighted by molar-refractivity contribution is 7.92. The fourth-order valence-electron chi connectivity index (χ4n) is 2.12. The number of hydrogen-bond donors (Lipinski definition) is 0. The zero-order chi connectivity index (χ0) is 16.7. The highest BCUT2D eigenvalue weighted by atomic mass is 32.2. The molecule has 0 saturated carbocycles. The van der Waals surface area contributed by atoms with Crippen LogP contribution in [0.2, 0.25) is 0 Å². The molecule has 0 heterocycles. The SMILES string of the molecule is [C-]#[N+]C(CCOCc1ccccc1)S(=O)(=O)c1ccc(C)cc1. The van der Waals surface area contributed by atoms with E-state index in [1.807, 2.05) is 37.3 Å². The monoisotopic (exact) mass is 329 g/mol. The van der Waals surface area contributed by atoms with Gasteiger partial charge >= 0.3 is 5.37 Å². The maximum Gasteiger partial charge on any atom is 0.327 e. The first-order valence-corrected chi connectivity index (χ1v) is 8.87. The van der Waals surface area contributed by atoms with Crippen LogP contribution in [0.5, 0.6) is 0 Å². The Morgan fingerprint density at radius 2 is 1.74 bits per heavy atom. The molecular formula is C18H19NO3S. The van der Waals surface area contributed by atoms with E-state index in [4.69, 9.17) is 11.3 Å². The van der Waals surface area contributed by atoms with Gasteiger partial charge in [0, 0.05) is 0 Å². The van der Waals surface area contributed by atoms with Gasteiger partial charge in [-0.25, -0.2) is 15.0 Å². The van der Waals surface area contributed by atoms with E-state index >= 15 is 0 Å². The smallest absolute Gasteiger partial charge is 0.327 e. The van der Waals surface area contributed by atoms with Crippen molar-refractivity contribution < 1.29 is 13.2 Å². The molecule has 0 aliphatic carbocycles. The lowest BCUT2D eigenvalue weighted by Crippen LogP contribution is -2.20. The lowest BCUT2D eigenvalue weighted by Gasteiger charge is -2.09. The third kappa shape index (κ3) is 4.65. The number of rotatable bonds is 7. The Morgan fingerprint density at radius 1 is 1.09 bits per heavy atom. The topological polar surface area (TPSA) is 47.7 Å². The van der Waals surface area contributed by atoms with Crippen LogP contribution in [0, 0.1) is 13.5 Å². The van der Waals surface area contributed by atoms with Gasteiger partial charge in [-0.2, -0.15) is 0 Å². The first kappa shape index (κ1) is 17.2. The molecule has 0 saturated heterocycles. The lowest BCUT2D eigenvalue weighted by atomic mass is 10.2. The van der Waals surface area contributed by atoms with Crippen molar-refractivity contribution in [3.8, 4) is 0 Å². The maximum absolute atomic E-state index is 12.5. The summed E-state index contributed by atoms with van der Waals surface area (Å²) in [5.74, 6) is 0. The van der Waals surface area contributed by atoms with Gasteiger partial charge in [-0.1, -0.05) is 48.0 Å². The Bertz CT molecular complexity index is 762. The van der Waals surface area contributed by atoms with Crippen LogP contribution in [-0.2, 0) is 21.2 Å². The average Bonchev–Trinajstić information content (AvgIpc) is 2.56. The second-order valence-electron chi connectivity index (χ2n) is 5.27. The van der Waals surface area contributed by atoms with Crippen molar-refractivity contribution in [3.05, 3.63) is 77.1 Å². The second kappa shape index (κ2) is 7.91. The highest BCUT2D eigenvalue weighted by Crippen LogP contribution is 2.20. The molecule has 2 aromatic rings. The number of hydrogen-bond acceptors (Lipinski definition) is 3. The van der Waals surface area contributed by atoms with Crippen LogP contribution in [0.15, 0.2) is 59.5 Å². The molecule has 1 unspecified atom stereocenters. The Morgan fingerprint density at radius 3 is 2.35 bits per heavy atom. The van der Waals surface area contributed by atoms with E-state index in [0.717, 1.165) is 11.1 Å². The van der Waals surface area contributed by atoms with Gasteiger partial charge in [0.05, 0.1) is 24.5 Å². The van der Waals surface area contributed by atoms with Gasteiger partial charge in [0.1, 0.15) is 0 Å². The molecule has 0 amide bonds. The van der Waals surface area contributed by atoms with E-state index in [-0.39, 0.29) is 17.9 Å². The molecule has 0 aliphatic heterocycles. The molecule has 120 valence electrons. The van der Waals surface area contributed by atoms with Crippen LogP contribution in [-0.4, -0.2) is 20.4 Å². The molecule has 2 aromatic carbocycles. The van der Waals surface area contributed by atoms with Gasteiger partial charge in [-0.05, 0) is 24.6 Å². The molecule has 0 aromatic heterocycles. The Labute approximate surface area is 137 Å². The third-order valence-electron chi connectivity index (χ3n) is 3.47. The van der Waals surface area contributed by atoms with Gasteiger partial charge < -0.3 is 4.74 Å². The fraction of sp³-hybridized carbons (Fsp3) is 0.278. The molecule has 5 heteroatoms. The van der Waals surface area contributed by atoms with Crippen LogP contribution in [0.4, 0.5) is 0 Å². The van der Waals surface area contributed by atoms with E-state index in [9.17, 15) is 8.42 Å². The lowest BCUT2D eigenvalue weighted by molar-refractivity contribution is 0.119. The first-order valence-electron chi connectivity index (χ1n) is 7.33. The molecule has 23 heavy (non-hydrogen) atoms. The zero-order valence-corrected chi connectivity index (χ0v) is 13.8. The van der Waals surface area contributed by atoms with Crippen molar-refractivity contribution in [2.75, 3.05) is 6.61 Å². The van der Waals surface area contributed by atoms with Crippen molar-refractivity contribution in [1.29, 1.82) is 0 Å². The molecular weight excluding hydrogens is 310 g/mol. The van der Waals surface area contributed by atoms with Crippen molar-refractivity contribution >= 4 is 9.84 Å². The molecule has 0 aliphatic rings. The van der Waals surface area contributed by atoms with Gasteiger partial charge in [-0.15, -0.1) is 0 Å². The first-order chi connectivity index (χ1) is 11.0. The summed E-state index contributed by atoms with van der Waals surface area (Å²) in [6, 6.07) is 16.2. The van der Waals surface area contributed by atoms with Crippen molar-refractivity contribution in [3.63, 3.8) is 0 Å². The summed E-state index contributed by atoms with van der Waals surface area (Å²) in [5, 5.41) is -1.11. The predicted molar refractivity (Wildman–Crippen MR) is 89.5 cm³/mol. The standard InChI is InChI=1S/C18H19NO3S/c1-15-8-10-17(11-9-15)23(20,21)18(19-2)12-13-22-14-16-6-4-3-5-7-16/h3-11,18H,12-14H2,1H3. The molecule has 1 atom stereocenters. The molecule has 0 N–H and O–H groups in total. The summed E-state index contributed by atoms with van der Waals surface area (Å²) >= 11 is 0. The maximum atomic E-state index is 12.5. The second-order valence-corrected chi connectivity index (χ2v) is 7.37. The van der Waals surface area contributed by atoms with E-state index < -0.39 is 15.2 Å². The Kier molecular flexibility index (Phi) is 5.91. The predicted octanol–water partition coefficient (Wildman–Crippen LogP) is 3.62. The number of nitrogens with zero attached hydrogens (tertiary/aromatic N) is 1. The van der Waals surface area contributed by atoms with Crippen molar-refractivity contribution in [2.24, 2.45) is 0 Å². The molecule has 0 bridgehead atoms. The zero-order valence-electron chi connectivity index (χ0n) is 13.0. The Hall–Kier alpha value is -2.16. The minimum atomic E-state index is -3.65. The number of sulfone groups is 1. The van der Waals surface area contributed by atoms with Gasteiger partial charge in [0.25, 0.3) is 9.84 Å². The van der Waals surface area contributed by atoms with Crippen molar-refractivity contribution in [1.82, 2.24) is 0 Å². The molecule has 0 spiro atoms. The summed E-state index contributed by atoms with van der Waals surface area (Å²) in [4.78, 5) is 3.47. The van der Waals surface area contributed by atoms with E-state index in [1.54, 1.807) is 24.3 Å². The fourth-order valence-corrected chi connectivity index (χ4v) is 3.50. The summed E-state index contributed by atoms with van der Waals surface area (Å²) in [6.07, 6.45) is 0.159. The van der Waals surface area contributed by atoms with Crippen LogP contribution in [0.3, 0.4) is 0 Å². The molecule has 0 radical (unpaired) electrons. The largest absolute Gasteiger partial charge is 0.376 e. The van der Waals surface area contributed by atoms with E-state index in [2.05, 4.69) is 4.85 Å². The Balaban J connectivity index is 1.94. The number of aryl methyl sites for hydroxylation is 1. The summed E-state index contributed by atoms with van der Waals surface area (Å²) < 4.78 is 30.4. The average molecular weight is 329 g/mol. The van der Waals surface area contributed by atoms with Gasteiger partial charge in [-0.3, -0.25) is 4.85 Å². The van der Waals surface area contributed by atoms with Crippen molar-refractivity contribution in [2.45, 2.75) is 30.2 Å². The normalized spacial score (nSPS) is 12.5. The summed E-state index contributed by atoms with van der Waals surface area (Å²) in [6.45, 7) is 9.73. The molecule has 4 nitrogen and oxygen atoms in total. The number of ether oxygens (including phenoxy) is 1. The third-order valence-corrected chi connectivity index (χ3v) is 5.46. The quantitative estimate of drug-likeness (QED) is 0.576. The molecule has 2 rings (SSSR count). The molecule has 0 fully saturated rings. The summed E-state index contributed by atoms with van der Waals surface area (Å²) in [5.41, 5.74) is 2.00. The van der Waals surface area contributed by atoms with Gasteiger partial charge in [0.15, 0.2) is 0 Å². The van der Waals surface area contributed by atoms with E-state index in [1.165, 1.54) is 0 Å².